The number of carbonyl (C=O) groups is 1. The van der Waals surface area contributed by atoms with Crippen molar-refractivity contribution in [1.29, 1.82) is 0 Å². The Morgan fingerprint density at radius 1 is 1.11 bits per heavy atom. The first-order valence-corrected chi connectivity index (χ1v) is 12.3. The molecule has 5 rings (SSSR count). The lowest BCUT2D eigenvalue weighted by molar-refractivity contribution is 0.187. The van der Waals surface area contributed by atoms with Crippen molar-refractivity contribution in [3.8, 4) is 17.0 Å². The molecular weight excluding hydrogens is 440 g/mol. The maximum absolute atomic E-state index is 13.2. The van der Waals surface area contributed by atoms with E-state index < -0.39 is 6.09 Å². The van der Waals surface area contributed by atoms with E-state index in [0.29, 0.717) is 22.9 Å². The number of nitrogens with one attached hydrogen (secondary N) is 2. The number of imidazole rings is 1. The topological polar surface area (TPSA) is 89.0 Å². The average molecular weight is 471 g/mol. The van der Waals surface area contributed by atoms with Crippen LogP contribution in [-0.4, -0.2) is 26.7 Å². The van der Waals surface area contributed by atoms with E-state index in [1.807, 2.05) is 54.6 Å². The zero-order valence-corrected chi connectivity index (χ0v) is 19.9. The molecular formula is C28H30N4O3. The van der Waals surface area contributed by atoms with E-state index in [1.165, 1.54) is 19.3 Å². The molecule has 0 bridgehead atoms. The van der Waals surface area contributed by atoms with Crippen molar-refractivity contribution in [1.82, 2.24) is 19.9 Å². The maximum Gasteiger partial charge on any atom is 0.412 e. The summed E-state index contributed by atoms with van der Waals surface area (Å²) in [4.78, 5) is 33.1. The number of hydrogen-bond acceptors (Lipinski definition) is 4. The van der Waals surface area contributed by atoms with Crippen molar-refractivity contribution in [2.45, 2.75) is 51.6 Å². The van der Waals surface area contributed by atoms with E-state index in [0.717, 1.165) is 29.3 Å². The second-order valence-corrected chi connectivity index (χ2v) is 9.27. The highest BCUT2D eigenvalue weighted by Gasteiger charge is 2.25. The number of benzene rings is 2. The van der Waals surface area contributed by atoms with Crippen molar-refractivity contribution < 1.29 is 9.53 Å². The third-order valence-electron chi connectivity index (χ3n) is 6.94. The number of aromatic amines is 1. The van der Waals surface area contributed by atoms with E-state index >= 15 is 0 Å². The molecule has 7 heteroatoms. The molecule has 1 aliphatic carbocycles. The first-order valence-electron chi connectivity index (χ1n) is 12.3. The summed E-state index contributed by atoms with van der Waals surface area (Å²) in [5.74, 6) is 0.888. The minimum atomic E-state index is -0.485. The van der Waals surface area contributed by atoms with Crippen LogP contribution in [-0.2, 0) is 6.54 Å². The third kappa shape index (κ3) is 4.99. The van der Waals surface area contributed by atoms with E-state index in [2.05, 4.69) is 17.2 Å². The number of fused-ring (bicyclic) bond motifs is 1. The van der Waals surface area contributed by atoms with Crippen molar-refractivity contribution in [2.24, 2.45) is 5.92 Å². The van der Waals surface area contributed by atoms with Crippen LogP contribution in [0.25, 0.3) is 22.2 Å². The first kappa shape index (κ1) is 22.9. The Morgan fingerprint density at radius 3 is 2.60 bits per heavy atom. The fourth-order valence-electron chi connectivity index (χ4n) is 5.02. The molecule has 0 radical (unpaired) electrons. The molecule has 180 valence electrons. The van der Waals surface area contributed by atoms with Gasteiger partial charge in [-0.2, -0.15) is 0 Å². The number of rotatable bonds is 6. The SMILES string of the molecule is C[C@H](NC(=O)Oc1c(Cn2cc[nH]c2=O)c(-c2ccccc2)nc2ccccc12)C1CCCCC1. The van der Waals surface area contributed by atoms with Gasteiger partial charge in [0.05, 0.1) is 17.8 Å². The van der Waals surface area contributed by atoms with Gasteiger partial charge in [0.15, 0.2) is 0 Å². The molecule has 1 aliphatic rings. The molecule has 2 N–H and O–H groups in total. The Hall–Kier alpha value is -3.87. The fraction of sp³-hybridized carbons (Fsp3) is 0.321. The zero-order chi connectivity index (χ0) is 24.2. The van der Waals surface area contributed by atoms with Crippen molar-refractivity contribution in [3.63, 3.8) is 0 Å². The van der Waals surface area contributed by atoms with Gasteiger partial charge in [-0.3, -0.25) is 4.57 Å². The number of H-pyrrole nitrogens is 1. The van der Waals surface area contributed by atoms with E-state index in [9.17, 15) is 9.59 Å². The van der Waals surface area contributed by atoms with Gasteiger partial charge in [0.1, 0.15) is 5.75 Å². The average Bonchev–Trinajstić information content (AvgIpc) is 3.30. The van der Waals surface area contributed by atoms with Crippen molar-refractivity contribution in [3.05, 3.63) is 83.0 Å². The van der Waals surface area contributed by atoms with Gasteiger partial charge in [0.2, 0.25) is 0 Å². The van der Waals surface area contributed by atoms with Gasteiger partial charge in [-0.1, -0.05) is 61.7 Å². The molecule has 0 saturated heterocycles. The lowest BCUT2D eigenvalue weighted by Gasteiger charge is -2.28. The second kappa shape index (κ2) is 10.2. The summed E-state index contributed by atoms with van der Waals surface area (Å²) in [6, 6.07) is 17.4. The number of carbonyl (C=O) groups excluding carboxylic acids is 1. The fourth-order valence-corrected chi connectivity index (χ4v) is 5.02. The van der Waals surface area contributed by atoms with Crippen LogP contribution < -0.4 is 15.7 Å². The molecule has 1 saturated carbocycles. The van der Waals surface area contributed by atoms with Gasteiger partial charge < -0.3 is 15.0 Å². The number of nitrogens with zero attached hydrogens (tertiary/aromatic N) is 2. The number of amides is 1. The molecule has 2 heterocycles. The van der Waals surface area contributed by atoms with Crippen molar-refractivity contribution >= 4 is 17.0 Å². The maximum atomic E-state index is 13.2. The largest absolute Gasteiger partial charge is 0.412 e. The minimum Gasteiger partial charge on any atom is -0.409 e. The van der Waals surface area contributed by atoms with Crippen LogP contribution in [0, 0.1) is 5.92 Å². The number of hydrogen-bond donors (Lipinski definition) is 2. The molecule has 35 heavy (non-hydrogen) atoms. The summed E-state index contributed by atoms with van der Waals surface area (Å²) in [6.45, 7) is 2.27. The van der Waals surface area contributed by atoms with Crippen LogP contribution in [0.3, 0.4) is 0 Å². The van der Waals surface area contributed by atoms with Gasteiger partial charge in [-0.05, 0) is 37.8 Å². The molecule has 0 spiro atoms. The van der Waals surface area contributed by atoms with Crippen LogP contribution in [0.4, 0.5) is 4.79 Å². The summed E-state index contributed by atoms with van der Waals surface area (Å²) in [5.41, 5.74) is 2.73. The Bertz CT molecular complexity index is 1370. The predicted molar refractivity (Wildman–Crippen MR) is 137 cm³/mol. The first-order chi connectivity index (χ1) is 17.1. The van der Waals surface area contributed by atoms with Crippen LogP contribution in [0.2, 0.25) is 0 Å². The molecule has 1 amide bonds. The number of pyridine rings is 1. The van der Waals surface area contributed by atoms with Crippen LogP contribution in [0.15, 0.2) is 71.8 Å². The van der Waals surface area contributed by atoms with Gasteiger partial charge in [-0.15, -0.1) is 0 Å². The third-order valence-corrected chi connectivity index (χ3v) is 6.94. The van der Waals surface area contributed by atoms with Crippen LogP contribution >= 0.6 is 0 Å². The van der Waals surface area contributed by atoms with Gasteiger partial charge in [0, 0.05) is 34.9 Å². The quantitative estimate of drug-likeness (QED) is 0.390. The number of ether oxygens (including phenoxy) is 1. The Kier molecular flexibility index (Phi) is 6.66. The van der Waals surface area contributed by atoms with Gasteiger partial charge in [-0.25, -0.2) is 14.6 Å². The summed E-state index contributed by atoms with van der Waals surface area (Å²) in [7, 11) is 0. The van der Waals surface area contributed by atoms with E-state index in [4.69, 9.17) is 9.72 Å². The minimum absolute atomic E-state index is 0.0280. The van der Waals surface area contributed by atoms with Crippen LogP contribution in [0.5, 0.6) is 5.75 Å². The Morgan fingerprint density at radius 2 is 1.86 bits per heavy atom. The monoisotopic (exact) mass is 470 g/mol. The highest BCUT2D eigenvalue weighted by molar-refractivity contribution is 5.92. The standard InChI is InChI=1S/C28H30N4O3/c1-19(20-10-4-2-5-11-20)30-28(34)35-26-22-14-8-9-15-24(22)31-25(21-12-6-3-7-13-21)23(26)18-32-17-16-29-27(32)33/h3,6-9,12-17,19-20H,2,4-5,10-11,18H2,1H3,(H,29,33)(H,30,34)/t19-/m0/s1. The smallest absolute Gasteiger partial charge is 0.409 e. The summed E-state index contributed by atoms with van der Waals surface area (Å²) < 4.78 is 7.60. The van der Waals surface area contributed by atoms with Gasteiger partial charge in [0.25, 0.3) is 0 Å². The summed E-state index contributed by atoms with van der Waals surface area (Å²) >= 11 is 0. The molecule has 0 aliphatic heterocycles. The van der Waals surface area contributed by atoms with Crippen molar-refractivity contribution in [2.75, 3.05) is 0 Å². The van der Waals surface area contributed by atoms with Crippen LogP contribution in [0.1, 0.15) is 44.6 Å². The molecule has 0 unspecified atom stereocenters. The normalized spacial score (nSPS) is 15.1. The zero-order valence-electron chi connectivity index (χ0n) is 19.9. The Balaban J connectivity index is 1.57. The second-order valence-electron chi connectivity index (χ2n) is 9.27. The molecule has 7 nitrogen and oxygen atoms in total. The predicted octanol–water partition coefficient (Wildman–Crippen LogP) is 5.50. The molecule has 1 fully saturated rings. The Labute approximate surface area is 204 Å². The van der Waals surface area contributed by atoms with Gasteiger partial charge >= 0.3 is 11.8 Å². The number of aromatic nitrogens is 3. The molecule has 2 aromatic heterocycles. The number of para-hydroxylation sites is 1. The highest BCUT2D eigenvalue weighted by Crippen LogP contribution is 2.36. The lowest BCUT2D eigenvalue weighted by atomic mass is 9.85. The van der Waals surface area contributed by atoms with E-state index in [1.54, 1.807) is 17.0 Å². The van der Waals surface area contributed by atoms with E-state index in [-0.39, 0.29) is 18.3 Å². The lowest BCUT2D eigenvalue weighted by Crippen LogP contribution is -2.40. The summed E-state index contributed by atoms with van der Waals surface area (Å²) in [6.07, 6.45) is 8.72. The molecule has 4 aromatic rings. The molecule has 1 atom stereocenters. The summed E-state index contributed by atoms with van der Waals surface area (Å²) in [5, 5.41) is 3.79. The highest BCUT2D eigenvalue weighted by atomic mass is 16.6. The molecule has 2 aromatic carbocycles.